The highest BCUT2D eigenvalue weighted by Gasteiger charge is 2.08. The van der Waals surface area contributed by atoms with Crippen LogP contribution in [0.5, 0.6) is 0 Å². The van der Waals surface area contributed by atoms with Crippen LogP contribution in [-0.4, -0.2) is 26.0 Å². The predicted molar refractivity (Wildman–Crippen MR) is 58.5 cm³/mol. The zero-order valence-corrected chi connectivity index (χ0v) is 8.81. The maximum Gasteiger partial charge on any atom is 0.183 e. The monoisotopic (exact) mass is 221 g/mol. The summed E-state index contributed by atoms with van der Waals surface area (Å²) in [4.78, 5) is 3.97. The Labute approximate surface area is 91.8 Å². The van der Waals surface area contributed by atoms with Crippen molar-refractivity contribution in [2.24, 2.45) is 0 Å². The van der Waals surface area contributed by atoms with Crippen LogP contribution in [0.4, 0.5) is 0 Å². The molecule has 2 aromatic rings. The Hall–Kier alpha value is -1.33. The quantitative estimate of drug-likeness (QED) is 0.770. The molecule has 0 amide bonds. The molecule has 2 N–H and O–H groups in total. The highest BCUT2D eigenvalue weighted by atomic mass is 32.2. The second kappa shape index (κ2) is 4.95. The molecule has 15 heavy (non-hydrogen) atoms. The van der Waals surface area contributed by atoms with Gasteiger partial charge in [-0.1, -0.05) is 42.1 Å². The van der Waals surface area contributed by atoms with Crippen LogP contribution in [-0.2, 0) is 0 Å². The Kier molecular flexibility index (Phi) is 3.37. The van der Waals surface area contributed by atoms with Crippen LogP contribution >= 0.6 is 11.8 Å². The summed E-state index contributed by atoms with van der Waals surface area (Å²) in [7, 11) is 0. The summed E-state index contributed by atoms with van der Waals surface area (Å²) in [6.07, 6.45) is 0.985. The normalized spacial score (nSPS) is 12.6. The van der Waals surface area contributed by atoms with E-state index in [1.54, 1.807) is 0 Å². The standard InChI is InChI=1S/C10H11N3OS/c14-9(8-4-2-1-3-5-8)6-15-10-11-7-12-13-10/h1-5,7,9,14H,6H2,(H,11,12,13). The van der Waals surface area contributed by atoms with E-state index in [-0.39, 0.29) is 0 Å². The van der Waals surface area contributed by atoms with Crippen molar-refractivity contribution in [3.8, 4) is 0 Å². The molecule has 78 valence electrons. The Balaban J connectivity index is 1.90. The summed E-state index contributed by atoms with van der Waals surface area (Å²) in [5.41, 5.74) is 0.921. The highest BCUT2D eigenvalue weighted by Crippen LogP contribution is 2.21. The molecule has 1 atom stereocenters. The first-order valence-electron chi connectivity index (χ1n) is 4.57. The van der Waals surface area contributed by atoms with Crippen molar-refractivity contribution in [1.82, 2.24) is 15.2 Å². The number of aromatic nitrogens is 3. The van der Waals surface area contributed by atoms with Gasteiger partial charge in [-0.05, 0) is 5.56 Å². The zero-order chi connectivity index (χ0) is 10.5. The number of hydrogen-bond acceptors (Lipinski definition) is 4. The minimum atomic E-state index is -0.471. The third-order valence-electron chi connectivity index (χ3n) is 1.96. The smallest absolute Gasteiger partial charge is 0.183 e. The van der Waals surface area contributed by atoms with Gasteiger partial charge in [0.25, 0.3) is 0 Å². The van der Waals surface area contributed by atoms with Gasteiger partial charge in [0.15, 0.2) is 5.16 Å². The molecular weight excluding hydrogens is 210 g/mol. The number of thioether (sulfide) groups is 1. The summed E-state index contributed by atoms with van der Waals surface area (Å²) < 4.78 is 0. The number of aliphatic hydroxyl groups is 1. The average molecular weight is 221 g/mol. The minimum Gasteiger partial charge on any atom is -0.388 e. The number of aromatic amines is 1. The lowest BCUT2D eigenvalue weighted by Gasteiger charge is -2.08. The van der Waals surface area contributed by atoms with Gasteiger partial charge < -0.3 is 5.11 Å². The number of rotatable bonds is 4. The van der Waals surface area contributed by atoms with Crippen LogP contribution in [0, 0.1) is 0 Å². The maximum atomic E-state index is 9.84. The van der Waals surface area contributed by atoms with Gasteiger partial charge in [0, 0.05) is 5.75 Å². The molecule has 1 unspecified atom stereocenters. The Morgan fingerprint density at radius 3 is 2.80 bits per heavy atom. The first-order chi connectivity index (χ1) is 7.36. The van der Waals surface area contributed by atoms with Gasteiger partial charge in [-0.25, -0.2) is 4.98 Å². The molecule has 0 fully saturated rings. The predicted octanol–water partition coefficient (Wildman–Crippen LogP) is 1.63. The van der Waals surface area contributed by atoms with Crippen molar-refractivity contribution >= 4 is 11.8 Å². The number of nitrogens with zero attached hydrogens (tertiary/aromatic N) is 2. The van der Waals surface area contributed by atoms with E-state index in [0.29, 0.717) is 5.75 Å². The molecule has 5 heteroatoms. The fourth-order valence-corrected chi connectivity index (χ4v) is 1.94. The van der Waals surface area contributed by atoms with Crippen LogP contribution in [0.25, 0.3) is 0 Å². The zero-order valence-electron chi connectivity index (χ0n) is 8.00. The first-order valence-corrected chi connectivity index (χ1v) is 5.56. The van der Waals surface area contributed by atoms with Gasteiger partial charge in [0.2, 0.25) is 0 Å². The Bertz CT molecular complexity index is 390. The van der Waals surface area contributed by atoms with E-state index >= 15 is 0 Å². The number of hydrogen-bond donors (Lipinski definition) is 2. The molecule has 0 aliphatic heterocycles. The largest absolute Gasteiger partial charge is 0.388 e. The van der Waals surface area contributed by atoms with Crippen molar-refractivity contribution in [3.05, 3.63) is 42.2 Å². The molecule has 1 aromatic carbocycles. The molecule has 2 rings (SSSR count). The van der Waals surface area contributed by atoms with Crippen molar-refractivity contribution < 1.29 is 5.11 Å². The Morgan fingerprint density at radius 1 is 1.33 bits per heavy atom. The van der Waals surface area contributed by atoms with Crippen LogP contribution in [0.3, 0.4) is 0 Å². The summed E-state index contributed by atoms with van der Waals surface area (Å²) >= 11 is 1.45. The summed E-state index contributed by atoms with van der Waals surface area (Å²) in [5, 5.41) is 17.0. The number of nitrogens with one attached hydrogen (secondary N) is 1. The SMILES string of the molecule is OC(CSc1ncn[nH]1)c1ccccc1. The maximum absolute atomic E-state index is 9.84. The topological polar surface area (TPSA) is 61.8 Å². The van der Waals surface area contributed by atoms with Crippen LogP contribution in [0.15, 0.2) is 41.8 Å². The third-order valence-corrected chi connectivity index (χ3v) is 2.91. The lowest BCUT2D eigenvalue weighted by molar-refractivity contribution is 0.204. The van der Waals surface area contributed by atoms with Crippen molar-refractivity contribution in [2.75, 3.05) is 5.75 Å². The molecule has 0 aliphatic rings. The van der Waals surface area contributed by atoms with E-state index in [1.807, 2.05) is 30.3 Å². The van der Waals surface area contributed by atoms with E-state index in [1.165, 1.54) is 18.1 Å². The molecule has 0 saturated carbocycles. The molecule has 0 saturated heterocycles. The summed E-state index contributed by atoms with van der Waals surface area (Å²) in [6.45, 7) is 0. The lowest BCUT2D eigenvalue weighted by atomic mass is 10.1. The number of H-pyrrole nitrogens is 1. The van der Waals surface area contributed by atoms with Gasteiger partial charge in [0.05, 0.1) is 6.10 Å². The van der Waals surface area contributed by atoms with Crippen LogP contribution in [0.1, 0.15) is 11.7 Å². The van der Waals surface area contributed by atoms with Gasteiger partial charge in [0.1, 0.15) is 6.33 Å². The second-order valence-corrected chi connectivity index (χ2v) is 4.04. The molecule has 0 radical (unpaired) electrons. The average Bonchev–Trinajstić information content (AvgIpc) is 2.80. The molecule has 4 nitrogen and oxygen atoms in total. The highest BCUT2D eigenvalue weighted by molar-refractivity contribution is 7.99. The molecular formula is C10H11N3OS. The second-order valence-electron chi connectivity index (χ2n) is 3.03. The van der Waals surface area contributed by atoms with Gasteiger partial charge in [-0.3, -0.25) is 5.10 Å². The minimum absolute atomic E-state index is 0.471. The van der Waals surface area contributed by atoms with Crippen LogP contribution < -0.4 is 0 Å². The van der Waals surface area contributed by atoms with E-state index < -0.39 is 6.10 Å². The number of aliphatic hydroxyl groups excluding tert-OH is 1. The first kappa shape index (κ1) is 10.2. The molecule has 0 aliphatic carbocycles. The fourth-order valence-electron chi connectivity index (χ4n) is 1.19. The third kappa shape index (κ3) is 2.81. The summed E-state index contributed by atoms with van der Waals surface area (Å²) in [5.74, 6) is 0.569. The van der Waals surface area contributed by atoms with E-state index in [0.717, 1.165) is 10.7 Å². The van der Waals surface area contributed by atoms with Crippen LogP contribution in [0.2, 0.25) is 0 Å². The van der Waals surface area contributed by atoms with Gasteiger partial charge in [-0.15, -0.1) is 0 Å². The lowest BCUT2D eigenvalue weighted by Crippen LogP contribution is -2.00. The summed E-state index contributed by atoms with van der Waals surface area (Å²) in [6, 6.07) is 9.58. The number of benzene rings is 1. The fraction of sp³-hybridized carbons (Fsp3) is 0.200. The van der Waals surface area contributed by atoms with Crippen molar-refractivity contribution in [2.45, 2.75) is 11.3 Å². The van der Waals surface area contributed by atoms with Gasteiger partial charge in [-0.2, -0.15) is 5.10 Å². The molecule has 1 heterocycles. The van der Waals surface area contributed by atoms with Gasteiger partial charge >= 0.3 is 0 Å². The molecule has 1 aromatic heterocycles. The van der Waals surface area contributed by atoms with E-state index in [2.05, 4.69) is 15.2 Å². The molecule has 0 spiro atoms. The van der Waals surface area contributed by atoms with Crippen molar-refractivity contribution in [3.63, 3.8) is 0 Å². The van der Waals surface area contributed by atoms with E-state index in [9.17, 15) is 5.11 Å². The van der Waals surface area contributed by atoms with E-state index in [4.69, 9.17) is 0 Å². The molecule has 0 bridgehead atoms. The van der Waals surface area contributed by atoms with Crippen molar-refractivity contribution in [1.29, 1.82) is 0 Å². The Morgan fingerprint density at radius 2 is 2.13 bits per heavy atom.